The SMILES string of the molecule is CCOC(CN)CCS(=O)c1ccc(S(C)(=O)=O)cc1. The van der Waals surface area contributed by atoms with E-state index in [1.807, 2.05) is 6.92 Å². The number of nitrogens with two attached hydrogens (primary N) is 1. The van der Waals surface area contributed by atoms with Gasteiger partial charge in [-0.3, -0.25) is 4.21 Å². The second-order valence-electron chi connectivity index (χ2n) is 4.39. The lowest BCUT2D eigenvalue weighted by atomic mass is 10.3. The van der Waals surface area contributed by atoms with E-state index in [0.29, 0.717) is 30.2 Å². The summed E-state index contributed by atoms with van der Waals surface area (Å²) in [5, 5.41) is 0. The molecule has 0 saturated carbocycles. The van der Waals surface area contributed by atoms with Gasteiger partial charge < -0.3 is 10.5 Å². The minimum atomic E-state index is -3.22. The summed E-state index contributed by atoms with van der Waals surface area (Å²) in [6.45, 7) is 2.87. The van der Waals surface area contributed by atoms with Gasteiger partial charge in [0.2, 0.25) is 0 Å². The number of sulfone groups is 1. The van der Waals surface area contributed by atoms with E-state index in [2.05, 4.69) is 0 Å². The van der Waals surface area contributed by atoms with Crippen molar-refractivity contribution in [3.63, 3.8) is 0 Å². The molecule has 0 heterocycles. The molecule has 0 amide bonds. The van der Waals surface area contributed by atoms with Gasteiger partial charge in [-0.1, -0.05) is 0 Å². The third-order valence-corrected chi connectivity index (χ3v) is 5.34. The van der Waals surface area contributed by atoms with Gasteiger partial charge in [0.25, 0.3) is 0 Å². The quantitative estimate of drug-likeness (QED) is 0.771. The maximum Gasteiger partial charge on any atom is 0.175 e. The average molecular weight is 319 g/mol. The smallest absolute Gasteiger partial charge is 0.175 e. The molecule has 1 aromatic carbocycles. The Kier molecular flexibility index (Phi) is 6.81. The fourth-order valence-electron chi connectivity index (χ4n) is 1.70. The number of hydrogen-bond donors (Lipinski definition) is 1. The molecule has 2 N–H and O–H groups in total. The van der Waals surface area contributed by atoms with Gasteiger partial charge >= 0.3 is 0 Å². The molecular formula is C13H21NO4S2. The van der Waals surface area contributed by atoms with Crippen LogP contribution in [0.3, 0.4) is 0 Å². The fraction of sp³-hybridized carbons (Fsp3) is 0.538. The van der Waals surface area contributed by atoms with E-state index in [0.717, 1.165) is 6.26 Å². The Labute approximate surface area is 122 Å². The number of hydrogen-bond acceptors (Lipinski definition) is 5. The molecule has 2 unspecified atom stereocenters. The predicted molar refractivity (Wildman–Crippen MR) is 79.9 cm³/mol. The summed E-state index contributed by atoms with van der Waals surface area (Å²) in [5.74, 6) is 0.445. The Hall–Kier alpha value is -0.760. The number of benzene rings is 1. The zero-order chi connectivity index (χ0) is 15.2. The summed E-state index contributed by atoms with van der Waals surface area (Å²) in [7, 11) is -4.39. The van der Waals surface area contributed by atoms with Crippen molar-refractivity contribution in [3.8, 4) is 0 Å². The van der Waals surface area contributed by atoms with Crippen molar-refractivity contribution in [2.45, 2.75) is 29.2 Å². The normalized spacial score (nSPS) is 14.9. The summed E-state index contributed by atoms with van der Waals surface area (Å²) < 4.78 is 40.2. The molecular weight excluding hydrogens is 298 g/mol. The van der Waals surface area contributed by atoms with Crippen molar-refractivity contribution in [1.82, 2.24) is 0 Å². The highest BCUT2D eigenvalue weighted by atomic mass is 32.2. The van der Waals surface area contributed by atoms with Crippen LogP contribution in [-0.4, -0.2) is 43.9 Å². The highest BCUT2D eigenvalue weighted by molar-refractivity contribution is 7.90. The molecule has 20 heavy (non-hydrogen) atoms. The number of rotatable bonds is 8. The lowest BCUT2D eigenvalue weighted by molar-refractivity contribution is 0.0672. The molecule has 0 spiro atoms. The highest BCUT2D eigenvalue weighted by Gasteiger charge is 2.12. The zero-order valence-corrected chi connectivity index (χ0v) is 13.4. The van der Waals surface area contributed by atoms with E-state index in [1.54, 1.807) is 12.1 Å². The first-order valence-corrected chi connectivity index (χ1v) is 9.59. The Morgan fingerprint density at radius 1 is 1.30 bits per heavy atom. The van der Waals surface area contributed by atoms with Gasteiger partial charge in [0, 0.05) is 30.1 Å². The van der Waals surface area contributed by atoms with Gasteiger partial charge in [-0.25, -0.2) is 8.42 Å². The molecule has 0 bridgehead atoms. The molecule has 5 nitrogen and oxygen atoms in total. The van der Waals surface area contributed by atoms with E-state index in [-0.39, 0.29) is 11.0 Å². The van der Waals surface area contributed by atoms with Crippen molar-refractivity contribution in [1.29, 1.82) is 0 Å². The Balaban J connectivity index is 2.64. The van der Waals surface area contributed by atoms with Crippen LogP contribution in [0.2, 0.25) is 0 Å². The van der Waals surface area contributed by atoms with Crippen LogP contribution in [0.25, 0.3) is 0 Å². The summed E-state index contributed by atoms with van der Waals surface area (Å²) in [6.07, 6.45) is 1.68. The molecule has 0 aliphatic rings. The monoisotopic (exact) mass is 319 g/mol. The van der Waals surface area contributed by atoms with Gasteiger partial charge in [-0.2, -0.15) is 0 Å². The molecule has 1 aromatic rings. The topological polar surface area (TPSA) is 86.5 Å². The summed E-state index contributed by atoms with van der Waals surface area (Å²) in [4.78, 5) is 0.845. The van der Waals surface area contributed by atoms with Crippen molar-refractivity contribution in [3.05, 3.63) is 24.3 Å². The summed E-state index contributed by atoms with van der Waals surface area (Å²) in [6, 6.07) is 6.13. The van der Waals surface area contributed by atoms with Crippen LogP contribution in [0, 0.1) is 0 Å². The lowest BCUT2D eigenvalue weighted by Gasteiger charge is -2.14. The van der Waals surface area contributed by atoms with Gasteiger partial charge in [-0.15, -0.1) is 0 Å². The minimum Gasteiger partial charge on any atom is -0.377 e. The van der Waals surface area contributed by atoms with Crippen LogP contribution >= 0.6 is 0 Å². The van der Waals surface area contributed by atoms with E-state index in [9.17, 15) is 12.6 Å². The second kappa shape index (κ2) is 7.87. The maximum absolute atomic E-state index is 12.1. The van der Waals surface area contributed by atoms with Crippen molar-refractivity contribution >= 4 is 20.6 Å². The Morgan fingerprint density at radius 2 is 1.90 bits per heavy atom. The molecule has 7 heteroatoms. The fourth-order valence-corrected chi connectivity index (χ4v) is 3.48. The highest BCUT2D eigenvalue weighted by Crippen LogP contribution is 2.14. The molecule has 0 aliphatic carbocycles. The van der Waals surface area contributed by atoms with Crippen molar-refractivity contribution in [2.24, 2.45) is 5.73 Å². The molecule has 1 rings (SSSR count). The van der Waals surface area contributed by atoms with Gasteiger partial charge in [0.1, 0.15) is 0 Å². The van der Waals surface area contributed by atoms with Gasteiger partial charge in [-0.05, 0) is 37.6 Å². The molecule has 114 valence electrons. The first-order valence-electron chi connectivity index (χ1n) is 6.38. The largest absolute Gasteiger partial charge is 0.377 e. The molecule has 0 saturated heterocycles. The Bertz CT molecular complexity index is 540. The first-order chi connectivity index (χ1) is 9.38. The average Bonchev–Trinajstić information content (AvgIpc) is 2.42. The van der Waals surface area contributed by atoms with Crippen LogP contribution in [0.1, 0.15) is 13.3 Å². The van der Waals surface area contributed by atoms with Gasteiger partial charge in [0.15, 0.2) is 9.84 Å². The van der Waals surface area contributed by atoms with Crippen LogP contribution in [0.5, 0.6) is 0 Å². The molecule has 2 atom stereocenters. The summed E-state index contributed by atoms with van der Waals surface area (Å²) >= 11 is 0. The first kappa shape index (κ1) is 17.3. The number of ether oxygens (including phenoxy) is 1. The van der Waals surface area contributed by atoms with Crippen LogP contribution in [0.4, 0.5) is 0 Å². The minimum absolute atomic E-state index is 0.0840. The third kappa shape index (κ3) is 5.32. The third-order valence-electron chi connectivity index (χ3n) is 2.81. The molecule has 0 aromatic heterocycles. The predicted octanol–water partition coefficient (Wildman–Crippen LogP) is 0.952. The Morgan fingerprint density at radius 3 is 2.35 bits per heavy atom. The van der Waals surface area contributed by atoms with E-state index in [1.165, 1.54) is 12.1 Å². The zero-order valence-electron chi connectivity index (χ0n) is 11.7. The molecule has 0 fully saturated rings. The van der Waals surface area contributed by atoms with Gasteiger partial charge in [0.05, 0.1) is 21.8 Å². The van der Waals surface area contributed by atoms with E-state index in [4.69, 9.17) is 10.5 Å². The van der Waals surface area contributed by atoms with Crippen LogP contribution in [0.15, 0.2) is 34.1 Å². The molecule has 0 aliphatic heterocycles. The van der Waals surface area contributed by atoms with Crippen molar-refractivity contribution < 1.29 is 17.4 Å². The maximum atomic E-state index is 12.1. The van der Waals surface area contributed by atoms with E-state index < -0.39 is 20.6 Å². The van der Waals surface area contributed by atoms with Crippen molar-refractivity contribution in [2.75, 3.05) is 25.2 Å². The van der Waals surface area contributed by atoms with Crippen LogP contribution < -0.4 is 5.73 Å². The standard InChI is InChI=1S/C13H21NO4S2/c1-3-18-11(10-14)8-9-19(15)12-4-6-13(7-5-12)20(2,16)17/h4-7,11H,3,8-10,14H2,1-2H3. The lowest BCUT2D eigenvalue weighted by Crippen LogP contribution is -2.25. The summed E-state index contributed by atoms with van der Waals surface area (Å²) in [5.41, 5.74) is 5.56. The molecule has 0 radical (unpaired) electrons. The van der Waals surface area contributed by atoms with Crippen LogP contribution in [-0.2, 0) is 25.4 Å². The van der Waals surface area contributed by atoms with E-state index >= 15 is 0 Å². The second-order valence-corrected chi connectivity index (χ2v) is 7.98.